The van der Waals surface area contributed by atoms with Gasteiger partial charge in [0.2, 0.25) is 0 Å². The molecule has 1 aromatic carbocycles. The summed E-state index contributed by atoms with van der Waals surface area (Å²) in [6.07, 6.45) is -0.522. The number of anilines is 1. The Balaban J connectivity index is 1.83. The van der Waals surface area contributed by atoms with Gasteiger partial charge in [0, 0.05) is 6.54 Å². The van der Waals surface area contributed by atoms with Gasteiger partial charge in [-0.15, -0.1) is 0 Å². The number of nitrogens with zero attached hydrogens (tertiary/aromatic N) is 2. The van der Waals surface area contributed by atoms with Gasteiger partial charge in [0.25, 0.3) is 0 Å². The first-order valence-electron chi connectivity index (χ1n) is 6.08. The van der Waals surface area contributed by atoms with Crippen LogP contribution in [-0.2, 0) is 14.3 Å². The molecular weight excluding hydrogens is 264 g/mol. The molecule has 0 bridgehead atoms. The van der Waals surface area contributed by atoms with E-state index in [-0.39, 0.29) is 5.97 Å². The maximum Gasteiger partial charge on any atom is 0.336 e. The second-order valence-corrected chi connectivity index (χ2v) is 5.30. The third-order valence-corrected chi connectivity index (χ3v) is 4.18. The average molecular weight is 278 g/mol. The lowest BCUT2D eigenvalue weighted by molar-refractivity contribution is -0.154. The van der Waals surface area contributed by atoms with Gasteiger partial charge in [0.05, 0.1) is 30.5 Å². The van der Waals surface area contributed by atoms with Crippen molar-refractivity contribution >= 4 is 32.7 Å². The van der Waals surface area contributed by atoms with E-state index < -0.39 is 6.10 Å². The molecule has 1 saturated heterocycles. The van der Waals surface area contributed by atoms with E-state index in [0.29, 0.717) is 13.2 Å². The van der Waals surface area contributed by atoms with Crippen molar-refractivity contribution in [3.05, 3.63) is 24.3 Å². The summed E-state index contributed by atoms with van der Waals surface area (Å²) in [7, 11) is 1.38. The maximum atomic E-state index is 11.5. The molecule has 1 aliphatic heterocycles. The standard InChI is InChI=1S/C13H14N2O3S/c1-17-12(16)10-8-15(6-7-18-10)13-14-9-4-2-3-5-11(9)19-13/h2-5,10H,6-8H2,1H3. The number of aromatic nitrogens is 1. The van der Waals surface area contributed by atoms with Crippen LogP contribution in [0.2, 0.25) is 0 Å². The number of esters is 1. The SMILES string of the molecule is COC(=O)C1CN(c2nc3ccccc3s2)CCO1. The minimum absolute atomic E-state index is 0.328. The summed E-state index contributed by atoms with van der Waals surface area (Å²) >= 11 is 1.63. The lowest BCUT2D eigenvalue weighted by atomic mass is 10.3. The van der Waals surface area contributed by atoms with Crippen molar-refractivity contribution in [1.82, 2.24) is 4.98 Å². The largest absolute Gasteiger partial charge is 0.467 e. The van der Waals surface area contributed by atoms with Gasteiger partial charge in [0.1, 0.15) is 0 Å². The van der Waals surface area contributed by atoms with Gasteiger partial charge >= 0.3 is 5.97 Å². The van der Waals surface area contributed by atoms with Gasteiger partial charge in [-0.3, -0.25) is 0 Å². The Labute approximate surface area is 114 Å². The molecule has 19 heavy (non-hydrogen) atoms. The summed E-state index contributed by atoms with van der Waals surface area (Å²) in [5.41, 5.74) is 0.989. The molecule has 0 spiro atoms. The van der Waals surface area contributed by atoms with Crippen molar-refractivity contribution in [2.24, 2.45) is 0 Å². The molecule has 1 atom stereocenters. The zero-order valence-corrected chi connectivity index (χ0v) is 11.4. The molecule has 6 heteroatoms. The van der Waals surface area contributed by atoms with Crippen LogP contribution in [-0.4, -0.2) is 43.9 Å². The molecule has 1 unspecified atom stereocenters. The summed E-state index contributed by atoms with van der Waals surface area (Å²) in [5.74, 6) is -0.328. The number of ether oxygens (including phenoxy) is 2. The van der Waals surface area contributed by atoms with Crippen LogP contribution in [0.5, 0.6) is 0 Å². The van der Waals surface area contributed by atoms with Crippen LogP contribution in [0.4, 0.5) is 5.13 Å². The number of rotatable bonds is 2. The molecule has 0 amide bonds. The molecule has 3 rings (SSSR count). The zero-order chi connectivity index (χ0) is 13.2. The van der Waals surface area contributed by atoms with Crippen molar-refractivity contribution in [2.75, 3.05) is 31.7 Å². The fourth-order valence-electron chi connectivity index (χ4n) is 2.09. The number of hydrogen-bond donors (Lipinski definition) is 0. The highest BCUT2D eigenvalue weighted by molar-refractivity contribution is 7.22. The number of para-hydroxylation sites is 1. The van der Waals surface area contributed by atoms with E-state index in [1.165, 1.54) is 7.11 Å². The van der Waals surface area contributed by atoms with Crippen LogP contribution in [0.3, 0.4) is 0 Å². The van der Waals surface area contributed by atoms with Crippen molar-refractivity contribution in [3.63, 3.8) is 0 Å². The van der Waals surface area contributed by atoms with Crippen LogP contribution in [0.15, 0.2) is 24.3 Å². The summed E-state index contributed by atoms with van der Waals surface area (Å²) in [5, 5.41) is 0.929. The summed E-state index contributed by atoms with van der Waals surface area (Å²) < 4.78 is 11.3. The van der Waals surface area contributed by atoms with Gasteiger partial charge < -0.3 is 14.4 Å². The highest BCUT2D eigenvalue weighted by Gasteiger charge is 2.28. The maximum absolute atomic E-state index is 11.5. The fraction of sp³-hybridized carbons (Fsp3) is 0.385. The summed E-state index contributed by atoms with van der Waals surface area (Å²) in [6, 6.07) is 8.02. The van der Waals surface area contributed by atoms with Crippen molar-refractivity contribution in [2.45, 2.75) is 6.10 Å². The van der Waals surface area contributed by atoms with E-state index in [1.807, 2.05) is 18.2 Å². The molecule has 0 radical (unpaired) electrons. The van der Waals surface area contributed by atoms with E-state index in [0.717, 1.165) is 21.9 Å². The molecule has 100 valence electrons. The normalized spacial score (nSPS) is 19.6. The van der Waals surface area contributed by atoms with Crippen LogP contribution in [0.1, 0.15) is 0 Å². The molecule has 0 N–H and O–H groups in total. The number of carbonyl (C=O) groups excluding carboxylic acids is 1. The van der Waals surface area contributed by atoms with E-state index in [2.05, 4.69) is 16.0 Å². The molecule has 0 aliphatic carbocycles. The van der Waals surface area contributed by atoms with Crippen LogP contribution in [0, 0.1) is 0 Å². The predicted molar refractivity (Wildman–Crippen MR) is 73.6 cm³/mol. The summed E-state index contributed by atoms with van der Waals surface area (Å²) in [6.45, 7) is 1.75. The van der Waals surface area contributed by atoms with Crippen LogP contribution >= 0.6 is 11.3 Å². The number of benzene rings is 1. The van der Waals surface area contributed by atoms with E-state index >= 15 is 0 Å². The number of thiazole rings is 1. The van der Waals surface area contributed by atoms with Gasteiger partial charge in [-0.25, -0.2) is 9.78 Å². The van der Waals surface area contributed by atoms with E-state index in [1.54, 1.807) is 11.3 Å². The number of methoxy groups -OCH3 is 1. The Morgan fingerprint density at radius 1 is 1.53 bits per heavy atom. The second kappa shape index (κ2) is 5.14. The Morgan fingerprint density at radius 2 is 2.37 bits per heavy atom. The van der Waals surface area contributed by atoms with Gasteiger partial charge in [-0.2, -0.15) is 0 Å². The Kier molecular flexibility index (Phi) is 3.35. The summed E-state index contributed by atoms with van der Waals surface area (Å²) in [4.78, 5) is 18.2. The average Bonchev–Trinajstić information content (AvgIpc) is 2.90. The predicted octanol–water partition coefficient (Wildman–Crippen LogP) is 1.67. The van der Waals surface area contributed by atoms with Crippen LogP contribution < -0.4 is 4.90 Å². The lowest BCUT2D eigenvalue weighted by Crippen LogP contribution is -2.46. The van der Waals surface area contributed by atoms with Gasteiger partial charge in [0.15, 0.2) is 11.2 Å². The second-order valence-electron chi connectivity index (χ2n) is 4.29. The Morgan fingerprint density at radius 3 is 3.16 bits per heavy atom. The Hall–Kier alpha value is -1.66. The number of morpholine rings is 1. The molecule has 5 nitrogen and oxygen atoms in total. The highest BCUT2D eigenvalue weighted by atomic mass is 32.1. The number of hydrogen-bond acceptors (Lipinski definition) is 6. The number of fused-ring (bicyclic) bond motifs is 1. The van der Waals surface area contributed by atoms with Gasteiger partial charge in [-0.1, -0.05) is 23.5 Å². The molecule has 2 heterocycles. The van der Waals surface area contributed by atoms with E-state index in [9.17, 15) is 4.79 Å². The highest BCUT2D eigenvalue weighted by Crippen LogP contribution is 2.29. The smallest absolute Gasteiger partial charge is 0.336 e. The monoisotopic (exact) mass is 278 g/mol. The lowest BCUT2D eigenvalue weighted by Gasteiger charge is -2.31. The minimum Gasteiger partial charge on any atom is -0.467 e. The number of carbonyl (C=O) groups is 1. The first-order chi connectivity index (χ1) is 9.28. The quantitative estimate of drug-likeness (QED) is 0.782. The zero-order valence-electron chi connectivity index (χ0n) is 10.5. The molecule has 1 aromatic heterocycles. The first kappa shape index (κ1) is 12.4. The van der Waals surface area contributed by atoms with Crippen LogP contribution in [0.25, 0.3) is 10.2 Å². The van der Waals surface area contributed by atoms with E-state index in [4.69, 9.17) is 9.47 Å². The third-order valence-electron chi connectivity index (χ3n) is 3.08. The molecular formula is C13H14N2O3S. The topological polar surface area (TPSA) is 51.7 Å². The van der Waals surface area contributed by atoms with Crippen molar-refractivity contribution in [3.8, 4) is 0 Å². The molecule has 1 aliphatic rings. The first-order valence-corrected chi connectivity index (χ1v) is 6.89. The minimum atomic E-state index is -0.522. The molecule has 2 aromatic rings. The molecule has 0 saturated carbocycles. The van der Waals surface area contributed by atoms with Crippen molar-refractivity contribution < 1.29 is 14.3 Å². The Bertz CT molecular complexity index is 565. The third kappa shape index (κ3) is 2.41. The molecule has 1 fully saturated rings. The fourth-order valence-corrected chi connectivity index (χ4v) is 3.09. The van der Waals surface area contributed by atoms with Crippen molar-refractivity contribution in [1.29, 1.82) is 0 Å². The van der Waals surface area contributed by atoms with Gasteiger partial charge in [-0.05, 0) is 12.1 Å².